The number of pyridine rings is 1. The van der Waals surface area contributed by atoms with Crippen LogP contribution in [-0.2, 0) is 5.54 Å². The second-order valence-corrected chi connectivity index (χ2v) is 11.1. The third-order valence-corrected chi connectivity index (χ3v) is 10.1. The normalized spacial score (nSPS) is 45.7. The molecule has 0 aliphatic heterocycles. The predicted molar refractivity (Wildman–Crippen MR) is 119 cm³/mol. The van der Waals surface area contributed by atoms with Crippen molar-refractivity contribution in [3.05, 3.63) is 42.2 Å². The molecule has 4 aliphatic carbocycles. The topological polar surface area (TPSA) is 76.9 Å². The lowest BCUT2D eigenvalue weighted by molar-refractivity contribution is -0.766. The van der Waals surface area contributed by atoms with Crippen LogP contribution >= 0.6 is 0 Å². The zero-order valence-corrected chi connectivity index (χ0v) is 20.2. The summed E-state index contributed by atoms with van der Waals surface area (Å²) in [6.45, 7) is 6.62. The van der Waals surface area contributed by atoms with Crippen molar-refractivity contribution >= 4 is 5.71 Å². The quantitative estimate of drug-likeness (QED) is 0.201. The van der Waals surface area contributed by atoms with Gasteiger partial charge in [-0.1, -0.05) is 36.7 Å². The molecule has 32 heavy (non-hydrogen) atoms. The molecule has 4 unspecified atom stereocenters. The first-order chi connectivity index (χ1) is 14.8. The smallest absolute Gasteiger partial charge is 0.239 e. The number of aliphatic hydroxyl groups is 2. The number of fused-ring (bicyclic) bond motifs is 5. The Kier molecular flexibility index (Phi) is 6.01. The Bertz CT molecular complexity index is 921. The molecule has 8 atom stereocenters. The minimum absolute atomic E-state index is 0. The van der Waals surface area contributed by atoms with Gasteiger partial charge in [0.1, 0.15) is 11.8 Å². The highest BCUT2D eigenvalue weighted by atomic mass is 35.5. The van der Waals surface area contributed by atoms with E-state index >= 15 is 0 Å². The number of aromatic nitrogens is 1. The minimum Gasteiger partial charge on any atom is -1.00 e. The third-order valence-electron chi connectivity index (χ3n) is 10.1. The number of rotatable bonds is 2. The molecule has 176 valence electrons. The van der Waals surface area contributed by atoms with Gasteiger partial charge in [-0.05, 0) is 75.0 Å². The maximum atomic E-state index is 11.7. The van der Waals surface area contributed by atoms with Gasteiger partial charge in [-0.15, -0.1) is 0 Å². The lowest BCUT2D eigenvalue weighted by Crippen LogP contribution is -3.00. The number of nitrogens with zero attached hydrogens (tertiary/aromatic N) is 2. The molecule has 0 radical (unpaired) electrons. The van der Waals surface area contributed by atoms with Crippen molar-refractivity contribution in [2.75, 3.05) is 0 Å². The van der Waals surface area contributed by atoms with Crippen LogP contribution in [0.5, 0.6) is 0 Å². The van der Waals surface area contributed by atoms with E-state index in [2.05, 4.69) is 29.6 Å². The standard InChI is InChI=1S/C26H36N2O3.ClH/c1-17(27-31)26(28-13-5-4-6-14-28)23(30)16-22-20-8-7-18-15-19(29)9-11-24(18,2)21(20)10-12-25(22,26)3;/h4-7,13-14,19-23,29-30H,8-12,15-16H2,1-3H3;1H/t19?,20?,21?,22?,23-,24+,25+,26-;/m1./s1. The highest BCUT2D eigenvalue weighted by Crippen LogP contribution is 2.68. The molecule has 0 saturated heterocycles. The zero-order chi connectivity index (χ0) is 22.0. The lowest BCUT2D eigenvalue weighted by atomic mass is 9.46. The van der Waals surface area contributed by atoms with Crippen molar-refractivity contribution in [1.29, 1.82) is 0 Å². The maximum Gasteiger partial charge on any atom is 0.239 e. The summed E-state index contributed by atoms with van der Waals surface area (Å²) in [6.07, 6.45) is 12.3. The third kappa shape index (κ3) is 2.90. The second-order valence-electron chi connectivity index (χ2n) is 11.1. The molecule has 0 bridgehead atoms. The molecular weight excluding hydrogens is 424 g/mol. The fourth-order valence-electron chi connectivity index (χ4n) is 8.68. The Hall–Kier alpha value is -1.43. The van der Waals surface area contributed by atoms with Gasteiger partial charge < -0.3 is 27.8 Å². The summed E-state index contributed by atoms with van der Waals surface area (Å²) in [7, 11) is 0. The summed E-state index contributed by atoms with van der Waals surface area (Å²) < 4.78 is 2.11. The Labute approximate surface area is 197 Å². The van der Waals surface area contributed by atoms with Gasteiger partial charge in [-0.3, -0.25) is 0 Å². The Morgan fingerprint density at radius 3 is 2.47 bits per heavy atom. The highest BCUT2D eigenvalue weighted by molar-refractivity contribution is 5.89. The molecule has 5 rings (SSSR count). The van der Waals surface area contributed by atoms with Gasteiger partial charge in [0.25, 0.3) is 0 Å². The van der Waals surface area contributed by atoms with E-state index < -0.39 is 11.6 Å². The molecule has 3 fully saturated rings. The van der Waals surface area contributed by atoms with Gasteiger partial charge in [0, 0.05) is 17.5 Å². The van der Waals surface area contributed by atoms with Gasteiger partial charge in [0.2, 0.25) is 5.54 Å². The average Bonchev–Trinajstić information content (AvgIpc) is 3.01. The SMILES string of the molecule is CC(=NO)[C@@]1([n+]2ccccc2)[C@H](O)CC2C3CC=C4CC(O)CC[C@]4(C)C3CC[C@@]21C.[Cl-]. The van der Waals surface area contributed by atoms with Gasteiger partial charge in [0.05, 0.1) is 6.10 Å². The van der Waals surface area contributed by atoms with Crippen LogP contribution in [0.2, 0.25) is 0 Å². The van der Waals surface area contributed by atoms with Crippen LogP contribution in [0.25, 0.3) is 0 Å². The predicted octanol–water partition coefficient (Wildman–Crippen LogP) is 0.818. The van der Waals surface area contributed by atoms with Crippen LogP contribution in [0.15, 0.2) is 47.4 Å². The summed E-state index contributed by atoms with van der Waals surface area (Å²) in [5.74, 6) is 1.45. The maximum absolute atomic E-state index is 11.7. The van der Waals surface area contributed by atoms with E-state index in [-0.39, 0.29) is 29.3 Å². The van der Waals surface area contributed by atoms with Gasteiger partial charge in [-0.2, -0.15) is 4.57 Å². The molecule has 4 aliphatic rings. The molecule has 1 aromatic heterocycles. The summed E-state index contributed by atoms with van der Waals surface area (Å²) >= 11 is 0. The Balaban J connectivity index is 0.00000245. The first-order valence-corrected chi connectivity index (χ1v) is 12.0. The molecule has 1 aromatic rings. The molecule has 0 spiro atoms. The Morgan fingerprint density at radius 2 is 1.78 bits per heavy atom. The molecule has 3 N–H and O–H groups in total. The number of hydrogen-bond acceptors (Lipinski definition) is 4. The first-order valence-electron chi connectivity index (χ1n) is 12.0. The van der Waals surface area contributed by atoms with Crippen LogP contribution in [0.1, 0.15) is 65.7 Å². The van der Waals surface area contributed by atoms with Crippen molar-refractivity contribution in [3.8, 4) is 0 Å². The van der Waals surface area contributed by atoms with E-state index in [1.165, 1.54) is 5.57 Å². The summed E-state index contributed by atoms with van der Waals surface area (Å²) in [6, 6.07) is 5.97. The molecule has 6 heteroatoms. The summed E-state index contributed by atoms with van der Waals surface area (Å²) in [5.41, 5.74) is 1.28. The molecule has 3 saturated carbocycles. The van der Waals surface area contributed by atoms with Crippen molar-refractivity contribution in [3.63, 3.8) is 0 Å². The van der Waals surface area contributed by atoms with E-state index in [0.29, 0.717) is 23.5 Å². The first kappa shape index (κ1) is 23.7. The van der Waals surface area contributed by atoms with Crippen LogP contribution in [0.4, 0.5) is 0 Å². The summed E-state index contributed by atoms with van der Waals surface area (Å²) in [5, 5.41) is 35.5. The summed E-state index contributed by atoms with van der Waals surface area (Å²) in [4.78, 5) is 0. The van der Waals surface area contributed by atoms with Crippen molar-refractivity contribution < 1.29 is 32.4 Å². The lowest BCUT2D eigenvalue weighted by Gasteiger charge is -2.58. The molecule has 1 heterocycles. The number of allylic oxidation sites excluding steroid dienone is 1. The second kappa shape index (κ2) is 8.11. The fraction of sp³-hybridized carbons (Fsp3) is 0.692. The highest BCUT2D eigenvalue weighted by Gasteiger charge is 2.74. The van der Waals surface area contributed by atoms with E-state index in [1.54, 1.807) is 0 Å². The van der Waals surface area contributed by atoms with E-state index in [1.807, 2.05) is 37.5 Å². The fourth-order valence-corrected chi connectivity index (χ4v) is 8.68. The van der Waals surface area contributed by atoms with E-state index in [0.717, 1.165) is 44.9 Å². The van der Waals surface area contributed by atoms with E-state index in [4.69, 9.17) is 0 Å². The van der Waals surface area contributed by atoms with Crippen molar-refractivity contribution in [1.82, 2.24) is 0 Å². The minimum atomic E-state index is -0.744. The van der Waals surface area contributed by atoms with Gasteiger partial charge in [-0.25, -0.2) is 0 Å². The average molecular weight is 461 g/mol. The van der Waals surface area contributed by atoms with Crippen LogP contribution in [0, 0.1) is 28.6 Å². The molecule has 0 amide bonds. The molecule has 5 nitrogen and oxygen atoms in total. The monoisotopic (exact) mass is 460 g/mol. The van der Waals surface area contributed by atoms with Crippen LogP contribution < -0.4 is 17.0 Å². The van der Waals surface area contributed by atoms with Crippen molar-refractivity contribution in [2.24, 2.45) is 33.7 Å². The zero-order valence-electron chi connectivity index (χ0n) is 19.4. The number of oxime groups is 1. The number of aliphatic hydroxyl groups excluding tert-OH is 2. The van der Waals surface area contributed by atoms with E-state index in [9.17, 15) is 15.4 Å². The molecular formula is C26H37ClN2O3. The van der Waals surface area contributed by atoms with Crippen LogP contribution in [0.3, 0.4) is 0 Å². The molecule has 0 aromatic carbocycles. The number of halogens is 1. The van der Waals surface area contributed by atoms with Gasteiger partial charge >= 0.3 is 0 Å². The largest absolute Gasteiger partial charge is 1.00 e. The van der Waals surface area contributed by atoms with Gasteiger partial charge in [0.15, 0.2) is 12.4 Å². The Morgan fingerprint density at radius 1 is 1.06 bits per heavy atom. The van der Waals surface area contributed by atoms with Crippen LogP contribution in [-0.4, -0.2) is 33.3 Å². The van der Waals surface area contributed by atoms with Crippen molar-refractivity contribution in [2.45, 2.75) is 83.5 Å². The number of hydrogen-bond donors (Lipinski definition) is 3.